The summed E-state index contributed by atoms with van der Waals surface area (Å²) in [5, 5.41) is 3.56. The van der Waals surface area contributed by atoms with E-state index in [2.05, 4.69) is 40.3 Å². The zero-order chi connectivity index (χ0) is 17.5. The Balaban J connectivity index is 1.83. The summed E-state index contributed by atoms with van der Waals surface area (Å²) >= 11 is 6.31. The molecule has 2 aromatic heterocycles. The Morgan fingerprint density at radius 1 is 0.692 bits per heavy atom. The summed E-state index contributed by atoms with van der Waals surface area (Å²) in [4.78, 5) is 9.07. The minimum atomic E-state index is 0.247. The van der Waals surface area contributed by atoms with Crippen LogP contribution in [-0.2, 0) is 0 Å². The minimum Gasteiger partial charge on any atom is -0.301 e. The molecule has 0 aliphatic heterocycles. The van der Waals surface area contributed by atoms with Crippen molar-refractivity contribution in [3.05, 3.63) is 90.3 Å². The van der Waals surface area contributed by atoms with Gasteiger partial charge in [-0.15, -0.1) is 0 Å². The van der Waals surface area contributed by atoms with Crippen LogP contribution in [0.4, 0.5) is 0 Å². The Morgan fingerprint density at radius 3 is 2.35 bits per heavy atom. The first-order valence-electron chi connectivity index (χ1n) is 8.39. The Kier molecular flexibility index (Phi) is 3.47. The molecule has 0 N–H and O–H groups in total. The summed E-state index contributed by atoms with van der Waals surface area (Å²) in [6, 6.07) is 26.7. The van der Waals surface area contributed by atoms with Crippen molar-refractivity contribution in [3.8, 4) is 16.9 Å². The number of aromatic nitrogens is 3. The third-order valence-electron chi connectivity index (χ3n) is 4.60. The van der Waals surface area contributed by atoms with E-state index < -0.39 is 0 Å². The second-order valence-electron chi connectivity index (χ2n) is 6.13. The van der Waals surface area contributed by atoms with Crippen molar-refractivity contribution in [1.82, 2.24) is 14.5 Å². The summed E-state index contributed by atoms with van der Waals surface area (Å²) in [7, 11) is 0. The molecule has 2 heterocycles. The molecular formula is C22H14ClN3. The van der Waals surface area contributed by atoms with E-state index in [-0.39, 0.29) is 5.28 Å². The first-order valence-corrected chi connectivity index (χ1v) is 8.77. The molecule has 5 rings (SSSR count). The van der Waals surface area contributed by atoms with Gasteiger partial charge in [-0.25, -0.2) is 4.98 Å². The average Bonchev–Trinajstić information content (AvgIpc) is 3.11. The molecule has 4 heteroatoms. The normalized spacial score (nSPS) is 11.3. The topological polar surface area (TPSA) is 30.7 Å². The van der Waals surface area contributed by atoms with E-state index in [1.54, 1.807) is 0 Å². The highest BCUT2D eigenvalue weighted by molar-refractivity contribution is 6.29. The fourth-order valence-corrected chi connectivity index (χ4v) is 3.59. The van der Waals surface area contributed by atoms with Crippen LogP contribution in [0.15, 0.2) is 85.1 Å². The van der Waals surface area contributed by atoms with Crippen LogP contribution in [0.1, 0.15) is 0 Å². The molecular weight excluding hydrogens is 342 g/mol. The minimum absolute atomic E-state index is 0.247. The molecule has 5 aromatic rings. The van der Waals surface area contributed by atoms with Gasteiger partial charge in [0.05, 0.1) is 5.69 Å². The van der Waals surface area contributed by atoms with Gasteiger partial charge in [-0.1, -0.05) is 60.7 Å². The average molecular weight is 356 g/mol. The van der Waals surface area contributed by atoms with E-state index in [4.69, 9.17) is 11.6 Å². The van der Waals surface area contributed by atoms with Crippen LogP contribution in [0.2, 0.25) is 5.28 Å². The van der Waals surface area contributed by atoms with Crippen molar-refractivity contribution in [2.45, 2.75) is 0 Å². The van der Waals surface area contributed by atoms with Crippen molar-refractivity contribution in [2.75, 3.05) is 0 Å². The van der Waals surface area contributed by atoms with Crippen LogP contribution in [0.3, 0.4) is 0 Å². The highest BCUT2D eigenvalue weighted by Crippen LogP contribution is 2.33. The van der Waals surface area contributed by atoms with Crippen molar-refractivity contribution in [3.63, 3.8) is 0 Å². The molecule has 0 amide bonds. The Hall–Kier alpha value is -3.17. The summed E-state index contributed by atoms with van der Waals surface area (Å²) in [6.45, 7) is 0. The molecule has 0 atom stereocenters. The number of hydrogen-bond acceptors (Lipinski definition) is 2. The van der Waals surface area contributed by atoms with Crippen LogP contribution >= 0.6 is 11.6 Å². The van der Waals surface area contributed by atoms with Crippen molar-refractivity contribution < 1.29 is 0 Å². The second-order valence-corrected chi connectivity index (χ2v) is 6.46. The number of hydrogen-bond donors (Lipinski definition) is 0. The fourth-order valence-electron chi connectivity index (χ4n) is 3.42. The second kappa shape index (κ2) is 5.97. The third-order valence-corrected chi connectivity index (χ3v) is 4.76. The first-order chi connectivity index (χ1) is 12.8. The SMILES string of the molecule is Clc1nc(-c2cccc3ccccc23)c2ccn(-c3ccccc3)c2n1. The van der Waals surface area contributed by atoms with Gasteiger partial charge >= 0.3 is 0 Å². The van der Waals surface area contributed by atoms with E-state index in [0.29, 0.717) is 0 Å². The number of fused-ring (bicyclic) bond motifs is 2. The molecule has 3 aromatic carbocycles. The highest BCUT2D eigenvalue weighted by atomic mass is 35.5. The molecule has 26 heavy (non-hydrogen) atoms. The zero-order valence-electron chi connectivity index (χ0n) is 13.8. The van der Waals surface area contributed by atoms with Crippen LogP contribution < -0.4 is 0 Å². The van der Waals surface area contributed by atoms with Gasteiger partial charge in [-0.3, -0.25) is 0 Å². The third kappa shape index (κ3) is 2.37. The summed E-state index contributed by atoms with van der Waals surface area (Å²) in [6.07, 6.45) is 2.01. The smallest absolute Gasteiger partial charge is 0.224 e. The van der Waals surface area contributed by atoms with E-state index in [1.807, 2.05) is 59.3 Å². The number of rotatable bonds is 2. The van der Waals surface area contributed by atoms with Gasteiger partial charge in [-0.05, 0) is 40.6 Å². The quantitative estimate of drug-likeness (QED) is 0.369. The summed E-state index contributed by atoms with van der Waals surface area (Å²) < 4.78 is 2.04. The lowest BCUT2D eigenvalue weighted by Crippen LogP contribution is -1.96. The van der Waals surface area contributed by atoms with E-state index >= 15 is 0 Å². The molecule has 0 unspecified atom stereocenters. The molecule has 0 fully saturated rings. The van der Waals surface area contributed by atoms with Crippen molar-refractivity contribution in [1.29, 1.82) is 0 Å². The molecule has 0 aliphatic carbocycles. The molecule has 0 spiro atoms. The van der Waals surface area contributed by atoms with Gasteiger partial charge in [0.2, 0.25) is 5.28 Å². The lowest BCUT2D eigenvalue weighted by atomic mass is 10.0. The molecule has 0 bridgehead atoms. The number of para-hydroxylation sites is 1. The van der Waals surface area contributed by atoms with Gasteiger partial charge in [0, 0.05) is 22.8 Å². The zero-order valence-corrected chi connectivity index (χ0v) is 14.6. The lowest BCUT2D eigenvalue weighted by molar-refractivity contribution is 1.08. The van der Waals surface area contributed by atoms with E-state index in [0.717, 1.165) is 33.4 Å². The van der Waals surface area contributed by atoms with Crippen LogP contribution in [0.25, 0.3) is 38.8 Å². The van der Waals surface area contributed by atoms with E-state index in [9.17, 15) is 0 Å². The van der Waals surface area contributed by atoms with Crippen LogP contribution in [-0.4, -0.2) is 14.5 Å². The first kappa shape index (κ1) is 15.1. The molecule has 0 saturated heterocycles. The van der Waals surface area contributed by atoms with Gasteiger partial charge < -0.3 is 4.57 Å². The predicted octanol–water partition coefficient (Wildman–Crippen LogP) is 5.89. The van der Waals surface area contributed by atoms with Crippen molar-refractivity contribution in [2.24, 2.45) is 0 Å². The Morgan fingerprint density at radius 2 is 1.46 bits per heavy atom. The Labute approximate surface area is 155 Å². The van der Waals surface area contributed by atoms with Gasteiger partial charge in [0.25, 0.3) is 0 Å². The number of benzene rings is 3. The standard InChI is InChI=1S/C22H14ClN3/c23-22-24-20(18-12-6-8-15-7-4-5-11-17(15)18)19-13-14-26(21(19)25-22)16-9-2-1-3-10-16/h1-14H. The van der Waals surface area contributed by atoms with Gasteiger partial charge in [0.1, 0.15) is 5.65 Å². The Bertz CT molecular complexity index is 1240. The summed E-state index contributed by atoms with van der Waals surface area (Å²) in [5.41, 5.74) is 3.76. The molecule has 0 aliphatic rings. The monoisotopic (exact) mass is 355 g/mol. The molecule has 0 saturated carbocycles. The van der Waals surface area contributed by atoms with Gasteiger partial charge in [-0.2, -0.15) is 4.98 Å². The number of halogens is 1. The fraction of sp³-hybridized carbons (Fsp3) is 0. The number of nitrogens with zero attached hydrogens (tertiary/aromatic N) is 3. The van der Waals surface area contributed by atoms with Crippen molar-refractivity contribution >= 4 is 33.4 Å². The largest absolute Gasteiger partial charge is 0.301 e. The molecule has 124 valence electrons. The predicted molar refractivity (Wildman–Crippen MR) is 107 cm³/mol. The maximum Gasteiger partial charge on any atom is 0.224 e. The van der Waals surface area contributed by atoms with Crippen LogP contribution in [0, 0.1) is 0 Å². The molecule has 3 nitrogen and oxygen atoms in total. The van der Waals surface area contributed by atoms with Gasteiger partial charge in [0.15, 0.2) is 0 Å². The lowest BCUT2D eigenvalue weighted by Gasteiger charge is -2.09. The summed E-state index contributed by atoms with van der Waals surface area (Å²) in [5.74, 6) is 0. The molecule has 0 radical (unpaired) electrons. The maximum absolute atomic E-state index is 6.31. The van der Waals surface area contributed by atoms with Crippen LogP contribution in [0.5, 0.6) is 0 Å². The van der Waals surface area contributed by atoms with E-state index in [1.165, 1.54) is 5.39 Å². The highest BCUT2D eigenvalue weighted by Gasteiger charge is 2.15. The maximum atomic E-state index is 6.31.